The second-order valence-corrected chi connectivity index (χ2v) is 5.24. The van der Waals surface area contributed by atoms with Gasteiger partial charge in [-0.15, -0.1) is 0 Å². The lowest BCUT2D eigenvalue weighted by atomic mass is 10.1. The summed E-state index contributed by atoms with van der Waals surface area (Å²) in [5, 5.41) is 0. The minimum atomic E-state index is -0.579. The largest absolute Gasteiger partial charge is 0.493 e. The highest BCUT2D eigenvalue weighted by atomic mass is 16.6. The zero-order valence-electron chi connectivity index (χ0n) is 15.0. The molecule has 2 rings (SSSR count). The van der Waals surface area contributed by atoms with E-state index in [0.717, 1.165) is 0 Å². The van der Waals surface area contributed by atoms with Gasteiger partial charge in [-0.3, -0.25) is 0 Å². The summed E-state index contributed by atoms with van der Waals surface area (Å²) in [5.41, 5.74) is 1.28. The first-order valence-corrected chi connectivity index (χ1v) is 7.73. The van der Waals surface area contributed by atoms with Gasteiger partial charge in [0.05, 0.1) is 21.3 Å². The first-order chi connectivity index (χ1) is 12.5. The molecular weight excluding hydrogens is 340 g/mol. The SMILES string of the molecule is COC(=O)c1oc(COC(=O)/C=C/c2cccc(OC)c2OC)cc1C. The molecule has 0 N–H and O–H groups in total. The Morgan fingerprint density at radius 1 is 1.15 bits per heavy atom. The standard InChI is InChI=1S/C19H20O7/c1-12-10-14(26-17(12)19(21)24-4)11-25-16(20)9-8-13-6-5-7-15(22-2)18(13)23-3/h5-10H,11H2,1-4H3/b9-8+. The van der Waals surface area contributed by atoms with E-state index < -0.39 is 11.9 Å². The Labute approximate surface area is 151 Å². The number of ether oxygens (including phenoxy) is 4. The Kier molecular flexibility index (Phi) is 6.43. The van der Waals surface area contributed by atoms with Crippen molar-refractivity contribution in [1.29, 1.82) is 0 Å². The van der Waals surface area contributed by atoms with Crippen LogP contribution >= 0.6 is 0 Å². The summed E-state index contributed by atoms with van der Waals surface area (Å²) >= 11 is 0. The fraction of sp³-hybridized carbons (Fsp3) is 0.263. The van der Waals surface area contributed by atoms with Crippen LogP contribution in [-0.4, -0.2) is 33.3 Å². The lowest BCUT2D eigenvalue weighted by molar-refractivity contribution is -0.139. The lowest BCUT2D eigenvalue weighted by Gasteiger charge is -2.09. The highest BCUT2D eigenvalue weighted by molar-refractivity contribution is 5.88. The number of benzene rings is 1. The molecule has 1 aromatic heterocycles. The molecule has 0 radical (unpaired) electrons. The van der Waals surface area contributed by atoms with Gasteiger partial charge in [0.25, 0.3) is 0 Å². The third-order valence-electron chi connectivity index (χ3n) is 3.53. The summed E-state index contributed by atoms with van der Waals surface area (Å²) in [4.78, 5) is 23.4. The molecule has 0 saturated heterocycles. The topological polar surface area (TPSA) is 84.2 Å². The summed E-state index contributed by atoms with van der Waals surface area (Å²) in [6.45, 7) is 1.60. The van der Waals surface area contributed by atoms with Crippen LogP contribution in [0.15, 0.2) is 34.8 Å². The number of rotatable bonds is 7. The fourth-order valence-corrected chi connectivity index (χ4v) is 2.31. The number of carbonyl (C=O) groups is 2. The van der Waals surface area contributed by atoms with E-state index in [-0.39, 0.29) is 12.4 Å². The van der Waals surface area contributed by atoms with Gasteiger partial charge in [0.2, 0.25) is 5.76 Å². The number of aryl methyl sites for hydroxylation is 1. The van der Waals surface area contributed by atoms with E-state index in [4.69, 9.17) is 18.6 Å². The van der Waals surface area contributed by atoms with Crippen LogP contribution in [0.2, 0.25) is 0 Å². The predicted octanol–water partition coefficient (Wildman–Crippen LogP) is 3.15. The van der Waals surface area contributed by atoms with E-state index >= 15 is 0 Å². The summed E-state index contributed by atoms with van der Waals surface area (Å²) in [7, 11) is 4.32. The number of carbonyl (C=O) groups excluding carboxylic acids is 2. The number of para-hydroxylation sites is 1. The quantitative estimate of drug-likeness (QED) is 0.554. The number of methoxy groups -OCH3 is 3. The second-order valence-electron chi connectivity index (χ2n) is 5.24. The molecule has 138 valence electrons. The molecule has 26 heavy (non-hydrogen) atoms. The van der Waals surface area contributed by atoms with Crippen LogP contribution in [0.3, 0.4) is 0 Å². The normalized spacial score (nSPS) is 10.6. The van der Waals surface area contributed by atoms with E-state index in [1.54, 1.807) is 37.3 Å². The Morgan fingerprint density at radius 2 is 1.92 bits per heavy atom. The molecule has 0 aliphatic rings. The minimum absolute atomic E-state index is 0.0928. The lowest BCUT2D eigenvalue weighted by Crippen LogP contribution is -2.01. The number of furan rings is 1. The fourth-order valence-electron chi connectivity index (χ4n) is 2.31. The molecule has 0 saturated carbocycles. The van der Waals surface area contributed by atoms with Crippen molar-refractivity contribution in [1.82, 2.24) is 0 Å². The van der Waals surface area contributed by atoms with Gasteiger partial charge < -0.3 is 23.4 Å². The summed E-state index contributed by atoms with van der Waals surface area (Å²) in [5.74, 6) is 0.375. The molecule has 0 fully saturated rings. The maximum absolute atomic E-state index is 11.9. The number of hydrogen-bond acceptors (Lipinski definition) is 7. The molecule has 0 unspecified atom stereocenters. The average molecular weight is 360 g/mol. The first-order valence-electron chi connectivity index (χ1n) is 7.73. The average Bonchev–Trinajstić information content (AvgIpc) is 3.04. The molecule has 0 aliphatic heterocycles. The van der Waals surface area contributed by atoms with E-state index in [0.29, 0.717) is 28.4 Å². The van der Waals surface area contributed by atoms with E-state index in [9.17, 15) is 9.59 Å². The van der Waals surface area contributed by atoms with Gasteiger partial charge in [-0.05, 0) is 25.1 Å². The summed E-state index contributed by atoms with van der Waals surface area (Å²) < 4.78 is 25.6. The van der Waals surface area contributed by atoms with E-state index in [1.165, 1.54) is 27.4 Å². The van der Waals surface area contributed by atoms with Crippen LogP contribution in [0.25, 0.3) is 6.08 Å². The van der Waals surface area contributed by atoms with Crippen molar-refractivity contribution in [3.8, 4) is 11.5 Å². The third-order valence-corrected chi connectivity index (χ3v) is 3.53. The summed E-state index contributed by atoms with van der Waals surface area (Å²) in [6, 6.07) is 6.94. The monoisotopic (exact) mass is 360 g/mol. The molecule has 0 aliphatic carbocycles. The Balaban J connectivity index is 2.01. The van der Waals surface area contributed by atoms with E-state index in [1.807, 2.05) is 0 Å². The molecule has 0 amide bonds. The maximum atomic E-state index is 11.9. The molecule has 0 spiro atoms. The van der Waals surface area contributed by atoms with Gasteiger partial charge in [0.15, 0.2) is 11.5 Å². The number of esters is 2. The zero-order chi connectivity index (χ0) is 19.1. The van der Waals surface area contributed by atoms with Crippen molar-refractivity contribution >= 4 is 18.0 Å². The maximum Gasteiger partial charge on any atom is 0.374 e. The van der Waals surface area contributed by atoms with Crippen LogP contribution in [-0.2, 0) is 20.9 Å². The third kappa shape index (κ3) is 4.44. The van der Waals surface area contributed by atoms with Crippen LogP contribution < -0.4 is 9.47 Å². The number of hydrogen-bond donors (Lipinski definition) is 0. The molecule has 2 aromatic rings. The van der Waals surface area contributed by atoms with Crippen molar-refractivity contribution in [3.05, 3.63) is 53.0 Å². The van der Waals surface area contributed by atoms with Crippen molar-refractivity contribution in [2.45, 2.75) is 13.5 Å². The first kappa shape index (κ1) is 19.1. The Morgan fingerprint density at radius 3 is 2.58 bits per heavy atom. The smallest absolute Gasteiger partial charge is 0.374 e. The highest BCUT2D eigenvalue weighted by Crippen LogP contribution is 2.31. The van der Waals surface area contributed by atoms with Crippen molar-refractivity contribution in [2.24, 2.45) is 0 Å². The van der Waals surface area contributed by atoms with Crippen molar-refractivity contribution in [3.63, 3.8) is 0 Å². The van der Waals surface area contributed by atoms with Gasteiger partial charge >= 0.3 is 11.9 Å². The van der Waals surface area contributed by atoms with Crippen LogP contribution in [0, 0.1) is 6.92 Å². The Hall–Kier alpha value is -3.22. The predicted molar refractivity (Wildman–Crippen MR) is 93.2 cm³/mol. The summed E-state index contributed by atoms with van der Waals surface area (Å²) in [6.07, 6.45) is 2.84. The molecule has 7 nitrogen and oxygen atoms in total. The van der Waals surface area contributed by atoms with Crippen molar-refractivity contribution in [2.75, 3.05) is 21.3 Å². The van der Waals surface area contributed by atoms with Gasteiger partial charge in [-0.1, -0.05) is 12.1 Å². The Bertz CT molecular complexity index is 817. The molecule has 7 heteroatoms. The molecule has 0 bridgehead atoms. The molecule has 1 aromatic carbocycles. The van der Waals surface area contributed by atoms with Crippen LogP contribution in [0.4, 0.5) is 0 Å². The van der Waals surface area contributed by atoms with Crippen molar-refractivity contribution < 1.29 is 33.0 Å². The van der Waals surface area contributed by atoms with Gasteiger partial charge in [0.1, 0.15) is 12.4 Å². The van der Waals surface area contributed by atoms with Crippen LogP contribution in [0.5, 0.6) is 11.5 Å². The van der Waals surface area contributed by atoms with Gasteiger partial charge in [-0.25, -0.2) is 9.59 Å². The van der Waals surface area contributed by atoms with E-state index in [2.05, 4.69) is 4.74 Å². The molecule has 1 heterocycles. The van der Waals surface area contributed by atoms with Gasteiger partial charge in [0, 0.05) is 17.2 Å². The second kappa shape index (κ2) is 8.75. The van der Waals surface area contributed by atoms with Crippen LogP contribution in [0.1, 0.15) is 27.4 Å². The highest BCUT2D eigenvalue weighted by Gasteiger charge is 2.16. The van der Waals surface area contributed by atoms with Gasteiger partial charge in [-0.2, -0.15) is 0 Å². The molecular formula is C19H20O7. The minimum Gasteiger partial charge on any atom is -0.493 e. The zero-order valence-corrected chi connectivity index (χ0v) is 15.0. The molecule has 0 atom stereocenters.